The first-order valence-electron chi connectivity index (χ1n) is 5.49. The zero-order chi connectivity index (χ0) is 14.4. The predicted molar refractivity (Wildman–Crippen MR) is 70.8 cm³/mol. The first-order valence-corrected chi connectivity index (χ1v) is 7.80. The van der Waals surface area contributed by atoms with Crippen LogP contribution in [-0.2, 0) is 9.05 Å². The Balaban J connectivity index is 2.72. The molecular formula is C12H12ClFN2O2S. The Hall–Kier alpha value is -1.40. The van der Waals surface area contributed by atoms with Gasteiger partial charge < -0.3 is 0 Å². The summed E-state index contributed by atoms with van der Waals surface area (Å²) in [6.07, 6.45) is 0. The van der Waals surface area contributed by atoms with Crippen LogP contribution in [0.1, 0.15) is 17.0 Å². The van der Waals surface area contributed by atoms with E-state index in [9.17, 15) is 12.8 Å². The molecule has 0 radical (unpaired) electrons. The normalized spacial score (nSPS) is 11.8. The van der Waals surface area contributed by atoms with E-state index >= 15 is 0 Å². The van der Waals surface area contributed by atoms with Crippen LogP contribution in [0, 0.1) is 26.6 Å². The highest BCUT2D eigenvalue weighted by Crippen LogP contribution is 2.26. The molecule has 0 saturated carbocycles. The van der Waals surface area contributed by atoms with E-state index in [-0.39, 0.29) is 10.7 Å². The maximum absolute atomic E-state index is 13.1. The Morgan fingerprint density at radius 1 is 1.26 bits per heavy atom. The lowest BCUT2D eigenvalue weighted by Crippen LogP contribution is -2.03. The van der Waals surface area contributed by atoms with Gasteiger partial charge in [0.25, 0.3) is 9.05 Å². The van der Waals surface area contributed by atoms with Crippen molar-refractivity contribution >= 4 is 19.7 Å². The van der Waals surface area contributed by atoms with Crippen molar-refractivity contribution in [2.45, 2.75) is 25.7 Å². The molecule has 0 aliphatic rings. The standard InChI is InChI=1S/C12H12ClFN2O2S/c1-7-6-10(14)4-5-11(7)16-9(3)12(8(2)15-16)19(13,17)18/h4-6H,1-3H3. The zero-order valence-electron chi connectivity index (χ0n) is 10.6. The Morgan fingerprint density at radius 3 is 2.37 bits per heavy atom. The average molecular weight is 303 g/mol. The first kappa shape index (κ1) is 14.0. The molecule has 1 aromatic carbocycles. The quantitative estimate of drug-likeness (QED) is 0.802. The summed E-state index contributed by atoms with van der Waals surface area (Å²) in [4.78, 5) is -0.00195. The smallest absolute Gasteiger partial charge is 0.236 e. The molecule has 0 amide bonds. The van der Waals surface area contributed by atoms with Gasteiger partial charge in [0, 0.05) is 10.7 Å². The minimum atomic E-state index is -3.86. The van der Waals surface area contributed by atoms with Crippen molar-refractivity contribution < 1.29 is 12.8 Å². The minimum absolute atomic E-state index is 0.00195. The summed E-state index contributed by atoms with van der Waals surface area (Å²) in [6, 6.07) is 4.21. The molecular weight excluding hydrogens is 291 g/mol. The molecule has 0 fully saturated rings. The first-order chi connectivity index (χ1) is 8.71. The van der Waals surface area contributed by atoms with Crippen molar-refractivity contribution in [1.82, 2.24) is 9.78 Å². The predicted octanol–water partition coefficient (Wildman–Crippen LogP) is 2.86. The van der Waals surface area contributed by atoms with Gasteiger partial charge in [0.1, 0.15) is 10.7 Å². The van der Waals surface area contributed by atoms with E-state index in [0.717, 1.165) is 0 Å². The topological polar surface area (TPSA) is 52.0 Å². The second-order valence-electron chi connectivity index (χ2n) is 4.28. The fourth-order valence-corrected chi connectivity index (χ4v) is 3.58. The van der Waals surface area contributed by atoms with Crippen LogP contribution in [0.15, 0.2) is 23.1 Å². The van der Waals surface area contributed by atoms with Crippen LogP contribution in [0.25, 0.3) is 5.69 Å². The molecule has 0 N–H and O–H groups in total. The lowest BCUT2D eigenvalue weighted by molar-refractivity contribution is 0.608. The Kier molecular flexibility index (Phi) is 3.40. The van der Waals surface area contributed by atoms with Crippen LogP contribution in [0.4, 0.5) is 4.39 Å². The SMILES string of the molecule is Cc1cc(F)ccc1-n1nc(C)c(S(=O)(=O)Cl)c1C. The lowest BCUT2D eigenvalue weighted by atomic mass is 10.2. The van der Waals surface area contributed by atoms with E-state index in [2.05, 4.69) is 5.10 Å². The maximum Gasteiger partial charge on any atom is 0.264 e. The molecule has 19 heavy (non-hydrogen) atoms. The van der Waals surface area contributed by atoms with E-state index in [0.29, 0.717) is 22.6 Å². The van der Waals surface area contributed by atoms with Crippen LogP contribution in [-0.4, -0.2) is 18.2 Å². The molecule has 102 valence electrons. The van der Waals surface area contributed by atoms with Crippen molar-refractivity contribution in [3.8, 4) is 5.69 Å². The van der Waals surface area contributed by atoms with Crippen LogP contribution >= 0.6 is 10.7 Å². The van der Waals surface area contributed by atoms with Gasteiger partial charge in [-0.3, -0.25) is 0 Å². The Morgan fingerprint density at radius 2 is 1.89 bits per heavy atom. The van der Waals surface area contributed by atoms with Crippen molar-refractivity contribution in [3.63, 3.8) is 0 Å². The van der Waals surface area contributed by atoms with Gasteiger partial charge in [0.2, 0.25) is 0 Å². The highest BCUT2D eigenvalue weighted by Gasteiger charge is 2.23. The van der Waals surface area contributed by atoms with Crippen LogP contribution < -0.4 is 0 Å². The number of aromatic nitrogens is 2. The molecule has 0 unspecified atom stereocenters. The summed E-state index contributed by atoms with van der Waals surface area (Å²) in [5, 5.41) is 4.17. The molecule has 0 spiro atoms. The zero-order valence-corrected chi connectivity index (χ0v) is 12.2. The molecule has 7 heteroatoms. The molecule has 1 aromatic heterocycles. The van der Waals surface area contributed by atoms with Gasteiger partial charge in [-0.2, -0.15) is 5.10 Å². The van der Waals surface area contributed by atoms with Crippen molar-refractivity contribution in [2.75, 3.05) is 0 Å². The fourth-order valence-electron chi connectivity index (χ4n) is 2.07. The Labute approximate surface area is 115 Å². The summed E-state index contributed by atoms with van der Waals surface area (Å²) in [7, 11) is 1.54. The molecule has 2 aromatic rings. The van der Waals surface area contributed by atoms with E-state index in [1.807, 2.05) is 0 Å². The molecule has 0 atom stereocenters. The molecule has 0 aliphatic carbocycles. The number of halogens is 2. The summed E-state index contributed by atoms with van der Waals surface area (Å²) in [5.41, 5.74) is 2.00. The molecule has 1 heterocycles. The van der Waals surface area contributed by atoms with Crippen LogP contribution in [0.3, 0.4) is 0 Å². The van der Waals surface area contributed by atoms with Gasteiger partial charge in [-0.25, -0.2) is 17.5 Å². The molecule has 2 rings (SSSR count). The summed E-state index contributed by atoms with van der Waals surface area (Å²) in [5.74, 6) is -0.354. The summed E-state index contributed by atoms with van der Waals surface area (Å²) >= 11 is 0. The largest absolute Gasteiger partial charge is 0.264 e. The van der Waals surface area contributed by atoms with Gasteiger partial charge in [0.05, 0.1) is 17.1 Å². The number of nitrogens with zero attached hydrogens (tertiary/aromatic N) is 2. The summed E-state index contributed by atoms with van der Waals surface area (Å²) in [6.45, 7) is 4.90. The van der Waals surface area contributed by atoms with E-state index in [4.69, 9.17) is 10.7 Å². The second-order valence-corrected chi connectivity index (χ2v) is 6.78. The highest BCUT2D eigenvalue weighted by atomic mass is 35.7. The van der Waals surface area contributed by atoms with Gasteiger partial charge in [-0.15, -0.1) is 0 Å². The van der Waals surface area contributed by atoms with Crippen LogP contribution in [0.5, 0.6) is 0 Å². The third kappa shape index (κ3) is 2.50. The minimum Gasteiger partial charge on any atom is -0.236 e. The fraction of sp³-hybridized carbons (Fsp3) is 0.250. The monoisotopic (exact) mass is 302 g/mol. The van der Waals surface area contributed by atoms with Gasteiger partial charge >= 0.3 is 0 Å². The molecule has 4 nitrogen and oxygen atoms in total. The Bertz CT molecular complexity index is 753. The number of aryl methyl sites for hydroxylation is 2. The van der Waals surface area contributed by atoms with Gasteiger partial charge in [0.15, 0.2) is 0 Å². The number of hydrogen-bond donors (Lipinski definition) is 0. The number of rotatable bonds is 2. The van der Waals surface area contributed by atoms with Crippen LogP contribution in [0.2, 0.25) is 0 Å². The van der Waals surface area contributed by atoms with E-state index in [1.165, 1.54) is 16.8 Å². The third-order valence-corrected chi connectivity index (χ3v) is 4.40. The van der Waals surface area contributed by atoms with E-state index < -0.39 is 9.05 Å². The van der Waals surface area contributed by atoms with E-state index in [1.54, 1.807) is 26.8 Å². The third-order valence-electron chi connectivity index (χ3n) is 2.86. The molecule has 0 saturated heterocycles. The second kappa shape index (κ2) is 4.61. The molecule has 0 bridgehead atoms. The van der Waals surface area contributed by atoms with Gasteiger partial charge in [-0.1, -0.05) is 0 Å². The number of benzene rings is 1. The van der Waals surface area contributed by atoms with Crippen molar-refractivity contribution in [2.24, 2.45) is 0 Å². The number of hydrogen-bond acceptors (Lipinski definition) is 3. The highest BCUT2D eigenvalue weighted by molar-refractivity contribution is 8.13. The maximum atomic E-state index is 13.1. The lowest BCUT2D eigenvalue weighted by Gasteiger charge is -2.08. The van der Waals surface area contributed by atoms with Gasteiger partial charge in [-0.05, 0) is 44.5 Å². The average Bonchev–Trinajstić information content (AvgIpc) is 2.53. The summed E-state index contributed by atoms with van der Waals surface area (Å²) < 4.78 is 37.6. The van der Waals surface area contributed by atoms with Crippen molar-refractivity contribution in [1.29, 1.82) is 0 Å². The molecule has 0 aliphatic heterocycles. The van der Waals surface area contributed by atoms with Crippen molar-refractivity contribution in [3.05, 3.63) is 41.0 Å².